The predicted molar refractivity (Wildman–Crippen MR) is 44.3 cm³/mol. The van der Waals surface area contributed by atoms with E-state index in [-0.39, 0.29) is 6.29 Å². The van der Waals surface area contributed by atoms with Gasteiger partial charge in [-0.05, 0) is 6.92 Å². The topological polar surface area (TPSA) is 18.5 Å². The maximum absolute atomic E-state index is 5.55. The van der Waals surface area contributed by atoms with E-state index in [1.807, 2.05) is 6.08 Å². The van der Waals surface area contributed by atoms with Gasteiger partial charge in [-0.25, -0.2) is 0 Å². The molecule has 11 heavy (non-hydrogen) atoms. The summed E-state index contributed by atoms with van der Waals surface area (Å²) in [6.45, 7) is 8.66. The van der Waals surface area contributed by atoms with Crippen molar-refractivity contribution in [3.05, 3.63) is 12.7 Å². The molecule has 0 bridgehead atoms. The van der Waals surface area contributed by atoms with Crippen LogP contribution in [0.25, 0.3) is 0 Å². The summed E-state index contributed by atoms with van der Waals surface area (Å²) in [7, 11) is 0. The number of hydrogen-bond acceptors (Lipinski definition) is 2. The highest BCUT2D eigenvalue weighted by Gasteiger charge is 2.24. The molecule has 0 aromatic carbocycles. The van der Waals surface area contributed by atoms with Gasteiger partial charge in [0.05, 0.1) is 12.7 Å². The van der Waals surface area contributed by atoms with Gasteiger partial charge in [0.25, 0.3) is 0 Å². The van der Waals surface area contributed by atoms with Crippen molar-refractivity contribution >= 4 is 0 Å². The third-order valence-electron chi connectivity index (χ3n) is 2.07. The fraction of sp³-hybridized carbons (Fsp3) is 0.778. The first-order chi connectivity index (χ1) is 5.24. The van der Waals surface area contributed by atoms with Gasteiger partial charge in [0.2, 0.25) is 0 Å². The summed E-state index contributed by atoms with van der Waals surface area (Å²) in [6, 6.07) is 0. The molecule has 1 aliphatic rings. The Bertz CT molecular complexity index is 134. The predicted octanol–water partition coefficient (Wildman–Crippen LogP) is 1.96. The minimum absolute atomic E-state index is 0.0568. The van der Waals surface area contributed by atoms with Gasteiger partial charge in [0.1, 0.15) is 0 Å². The summed E-state index contributed by atoms with van der Waals surface area (Å²) in [5.74, 6) is 0.510. The van der Waals surface area contributed by atoms with Gasteiger partial charge >= 0.3 is 0 Å². The Kier molecular flexibility index (Phi) is 3.09. The lowest BCUT2D eigenvalue weighted by Crippen LogP contribution is -2.36. The quantitative estimate of drug-likeness (QED) is 0.569. The molecule has 0 radical (unpaired) electrons. The van der Waals surface area contributed by atoms with Gasteiger partial charge in [-0.1, -0.05) is 13.0 Å². The Labute approximate surface area is 68.2 Å². The van der Waals surface area contributed by atoms with Crippen LogP contribution in [0.1, 0.15) is 20.3 Å². The summed E-state index contributed by atoms with van der Waals surface area (Å²) in [4.78, 5) is 0. The van der Waals surface area contributed by atoms with Crippen molar-refractivity contribution in [3.63, 3.8) is 0 Å². The van der Waals surface area contributed by atoms with E-state index in [0.29, 0.717) is 12.0 Å². The average molecular weight is 156 g/mol. The van der Waals surface area contributed by atoms with Crippen LogP contribution < -0.4 is 0 Å². The Morgan fingerprint density at radius 3 is 2.82 bits per heavy atom. The van der Waals surface area contributed by atoms with Crippen LogP contribution in [-0.4, -0.2) is 19.0 Å². The molecule has 2 nitrogen and oxygen atoms in total. The third kappa shape index (κ3) is 2.31. The minimum Gasteiger partial charge on any atom is -0.352 e. The van der Waals surface area contributed by atoms with Crippen LogP contribution in [-0.2, 0) is 9.47 Å². The van der Waals surface area contributed by atoms with Crippen molar-refractivity contribution in [2.45, 2.75) is 32.7 Å². The van der Waals surface area contributed by atoms with E-state index in [4.69, 9.17) is 9.47 Å². The number of hydrogen-bond donors (Lipinski definition) is 0. The van der Waals surface area contributed by atoms with Crippen molar-refractivity contribution in [2.24, 2.45) is 5.92 Å². The second-order valence-corrected chi connectivity index (χ2v) is 3.11. The molecule has 1 fully saturated rings. The highest BCUT2D eigenvalue weighted by atomic mass is 16.7. The van der Waals surface area contributed by atoms with Crippen molar-refractivity contribution in [1.82, 2.24) is 0 Å². The van der Waals surface area contributed by atoms with E-state index in [2.05, 4.69) is 20.4 Å². The smallest absolute Gasteiger partial charge is 0.161 e. The molecule has 2 heteroatoms. The van der Waals surface area contributed by atoms with Crippen molar-refractivity contribution in [2.75, 3.05) is 6.61 Å². The molecule has 0 saturated carbocycles. The molecule has 64 valence electrons. The Morgan fingerprint density at radius 1 is 1.55 bits per heavy atom. The maximum Gasteiger partial charge on any atom is 0.161 e. The molecule has 0 spiro atoms. The zero-order chi connectivity index (χ0) is 8.27. The fourth-order valence-corrected chi connectivity index (χ4v) is 1.07. The molecule has 0 unspecified atom stereocenters. The van der Waals surface area contributed by atoms with Gasteiger partial charge in [-0.3, -0.25) is 0 Å². The van der Waals surface area contributed by atoms with Crippen LogP contribution in [0, 0.1) is 5.92 Å². The highest BCUT2D eigenvalue weighted by molar-refractivity contribution is 4.73. The lowest BCUT2D eigenvalue weighted by molar-refractivity contribution is -0.226. The SMILES string of the molecule is C=CC[C@H]1OC[C@@H](C)[C@@H](C)O1. The van der Waals surface area contributed by atoms with Crippen molar-refractivity contribution < 1.29 is 9.47 Å². The molecule has 3 atom stereocenters. The monoisotopic (exact) mass is 156 g/mol. The van der Waals surface area contributed by atoms with Crippen LogP contribution in [0.3, 0.4) is 0 Å². The molecular formula is C9H16O2. The summed E-state index contributed by atoms with van der Waals surface area (Å²) in [6.07, 6.45) is 2.87. The van der Waals surface area contributed by atoms with Gasteiger partial charge < -0.3 is 9.47 Å². The second-order valence-electron chi connectivity index (χ2n) is 3.11. The lowest BCUT2D eigenvalue weighted by Gasteiger charge is -2.32. The molecule has 1 aliphatic heterocycles. The third-order valence-corrected chi connectivity index (χ3v) is 2.07. The molecule has 0 N–H and O–H groups in total. The maximum atomic E-state index is 5.55. The van der Waals surface area contributed by atoms with Crippen LogP contribution in [0.2, 0.25) is 0 Å². The zero-order valence-corrected chi connectivity index (χ0v) is 7.25. The Hall–Kier alpha value is -0.340. The van der Waals surface area contributed by atoms with E-state index < -0.39 is 0 Å². The van der Waals surface area contributed by atoms with Crippen LogP contribution in [0.5, 0.6) is 0 Å². The molecule has 0 aromatic rings. The first-order valence-corrected chi connectivity index (χ1v) is 4.12. The summed E-state index contributed by atoms with van der Waals surface area (Å²) in [5, 5.41) is 0. The number of rotatable bonds is 2. The highest BCUT2D eigenvalue weighted by Crippen LogP contribution is 2.19. The lowest BCUT2D eigenvalue weighted by atomic mass is 10.1. The fourth-order valence-electron chi connectivity index (χ4n) is 1.07. The molecule has 0 amide bonds. The van der Waals surface area contributed by atoms with Crippen molar-refractivity contribution in [3.8, 4) is 0 Å². The minimum atomic E-state index is -0.0568. The second kappa shape index (κ2) is 3.88. The van der Waals surface area contributed by atoms with Gasteiger partial charge in [-0.15, -0.1) is 6.58 Å². The molecule has 0 aliphatic carbocycles. The van der Waals surface area contributed by atoms with Crippen LogP contribution >= 0.6 is 0 Å². The molecule has 1 saturated heterocycles. The summed E-state index contributed by atoms with van der Waals surface area (Å²) >= 11 is 0. The normalized spacial score (nSPS) is 38.5. The molecule has 1 rings (SSSR count). The molecule has 0 aromatic heterocycles. The van der Waals surface area contributed by atoms with E-state index in [9.17, 15) is 0 Å². The average Bonchev–Trinajstić information content (AvgIpc) is 1.98. The van der Waals surface area contributed by atoms with E-state index >= 15 is 0 Å². The van der Waals surface area contributed by atoms with Gasteiger partial charge in [0.15, 0.2) is 6.29 Å². The van der Waals surface area contributed by atoms with Gasteiger partial charge in [0, 0.05) is 12.3 Å². The largest absolute Gasteiger partial charge is 0.352 e. The number of ether oxygens (including phenoxy) is 2. The van der Waals surface area contributed by atoms with Crippen LogP contribution in [0.15, 0.2) is 12.7 Å². The summed E-state index contributed by atoms with van der Waals surface area (Å²) < 4.78 is 11.0. The Morgan fingerprint density at radius 2 is 2.27 bits per heavy atom. The van der Waals surface area contributed by atoms with E-state index in [0.717, 1.165) is 13.0 Å². The van der Waals surface area contributed by atoms with E-state index in [1.54, 1.807) is 0 Å². The first-order valence-electron chi connectivity index (χ1n) is 4.12. The summed E-state index contributed by atoms with van der Waals surface area (Å²) in [5.41, 5.74) is 0. The van der Waals surface area contributed by atoms with Crippen molar-refractivity contribution in [1.29, 1.82) is 0 Å². The molecule has 1 heterocycles. The first kappa shape index (κ1) is 8.75. The van der Waals surface area contributed by atoms with E-state index in [1.165, 1.54) is 0 Å². The van der Waals surface area contributed by atoms with Crippen LogP contribution in [0.4, 0.5) is 0 Å². The zero-order valence-electron chi connectivity index (χ0n) is 7.25. The Balaban J connectivity index is 2.33. The standard InChI is InChI=1S/C9H16O2/c1-4-5-9-10-6-7(2)8(3)11-9/h4,7-9H,1,5-6H2,2-3H3/t7-,8-,9+/m1/s1. The molecular weight excluding hydrogens is 140 g/mol. The van der Waals surface area contributed by atoms with Gasteiger partial charge in [-0.2, -0.15) is 0 Å².